The number of rotatable bonds is 5. The van der Waals surface area contributed by atoms with E-state index < -0.39 is 15.7 Å². The average Bonchev–Trinajstić information content (AvgIpc) is 3.06. The van der Waals surface area contributed by atoms with Crippen molar-refractivity contribution in [3.8, 4) is 0 Å². The van der Waals surface area contributed by atoms with E-state index in [1.165, 1.54) is 6.92 Å². The summed E-state index contributed by atoms with van der Waals surface area (Å²) in [5.41, 5.74) is 1.10. The molecule has 5 nitrogen and oxygen atoms in total. The highest BCUT2D eigenvalue weighted by Crippen LogP contribution is 2.49. The van der Waals surface area contributed by atoms with Gasteiger partial charge in [-0.25, -0.2) is 0 Å². The highest BCUT2D eigenvalue weighted by atomic mass is 32.2. The first kappa shape index (κ1) is 14.0. The van der Waals surface area contributed by atoms with Crippen LogP contribution in [0.1, 0.15) is 30.9 Å². The number of hydrogen-bond donors (Lipinski definition) is 0. The maximum absolute atomic E-state index is 11.1. The average molecular weight is 284 g/mol. The SMILES string of the molecule is CC(=O)OC1(c2cccc(COS(C)(=O)=O)c2)CC1. The van der Waals surface area contributed by atoms with Gasteiger partial charge in [-0.05, 0) is 30.0 Å². The van der Waals surface area contributed by atoms with Crippen molar-refractivity contribution in [1.82, 2.24) is 0 Å². The number of esters is 1. The van der Waals surface area contributed by atoms with E-state index in [9.17, 15) is 13.2 Å². The lowest BCUT2D eigenvalue weighted by atomic mass is 10.0. The van der Waals surface area contributed by atoms with Crippen LogP contribution in [0.25, 0.3) is 0 Å². The Bertz CT molecular complexity index is 587. The molecule has 0 saturated heterocycles. The predicted molar refractivity (Wildman–Crippen MR) is 68.8 cm³/mol. The van der Waals surface area contributed by atoms with Gasteiger partial charge in [-0.3, -0.25) is 8.98 Å². The second kappa shape index (κ2) is 4.94. The zero-order valence-electron chi connectivity index (χ0n) is 10.9. The molecule has 19 heavy (non-hydrogen) atoms. The van der Waals surface area contributed by atoms with Crippen LogP contribution in [0, 0.1) is 0 Å². The second-order valence-electron chi connectivity index (χ2n) is 4.75. The summed E-state index contributed by atoms with van der Waals surface area (Å²) in [4.78, 5) is 11.1. The molecule has 0 aliphatic heterocycles. The van der Waals surface area contributed by atoms with Crippen LogP contribution in [0.4, 0.5) is 0 Å². The van der Waals surface area contributed by atoms with Crippen molar-refractivity contribution in [2.75, 3.05) is 6.26 Å². The number of hydrogen-bond acceptors (Lipinski definition) is 5. The van der Waals surface area contributed by atoms with Crippen molar-refractivity contribution < 1.29 is 22.1 Å². The molecule has 0 spiro atoms. The smallest absolute Gasteiger partial charge is 0.303 e. The highest BCUT2D eigenvalue weighted by Gasteiger charge is 2.48. The van der Waals surface area contributed by atoms with Gasteiger partial charge in [0.25, 0.3) is 10.1 Å². The third-order valence-corrected chi connectivity index (χ3v) is 3.48. The molecule has 1 aliphatic rings. The first-order valence-corrected chi connectivity index (χ1v) is 7.76. The molecule has 104 valence electrons. The Morgan fingerprint density at radius 3 is 2.58 bits per heavy atom. The van der Waals surface area contributed by atoms with Gasteiger partial charge >= 0.3 is 5.97 Å². The van der Waals surface area contributed by atoms with Crippen LogP contribution >= 0.6 is 0 Å². The molecular formula is C13H16O5S. The van der Waals surface area contributed by atoms with Crippen LogP contribution in [0.5, 0.6) is 0 Å². The van der Waals surface area contributed by atoms with Gasteiger partial charge in [-0.2, -0.15) is 8.42 Å². The third-order valence-electron chi connectivity index (χ3n) is 2.94. The van der Waals surface area contributed by atoms with E-state index in [1.807, 2.05) is 12.1 Å². The van der Waals surface area contributed by atoms with Crippen LogP contribution in [0.2, 0.25) is 0 Å². The largest absolute Gasteiger partial charge is 0.454 e. The summed E-state index contributed by atoms with van der Waals surface area (Å²) in [5.74, 6) is -0.310. The molecule has 1 saturated carbocycles. The van der Waals surface area contributed by atoms with E-state index >= 15 is 0 Å². The molecule has 0 aromatic heterocycles. The van der Waals surface area contributed by atoms with Gasteiger partial charge in [0.2, 0.25) is 0 Å². The summed E-state index contributed by atoms with van der Waals surface area (Å²) in [6, 6.07) is 7.28. The summed E-state index contributed by atoms with van der Waals surface area (Å²) in [5, 5.41) is 0. The maximum atomic E-state index is 11.1. The fourth-order valence-electron chi connectivity index (χ4n) is 1.96. The second-order valence-corrected chi connectivity index (χ2v) is 6.40. The highest BCUT2D eigenvalue weighted by molar-refractivity contribution is 7.85. The molecule has 1 aromatic carbocycles. The van der Waals surface area contributed by atoms with E-state index in [1.54, 1.807) is 12.1 Å². The maximum Gasteiger partial charge on any atom is 0.303 e. The molecule has 0 heterocycles. The van der Waals surface area contributed by atoms with Crippen LogP contribution in [0.15, 0.2) is 24.3 Å². The number of carbonyl (C=O) groups excluding carboxylic acids is 1. The Kier molecular flexibility index (Phi) is 3.64. The van der Waals surface area contributed by atoms with Crippen molar-refractivity contribution in [2.45, 2.75) is 32.0 Å². The molecule has 1 fully saturated rings. The topological polar surface area (TPSA) is 69.7 Å². The van der Waals surface area contributed by atoms with Gasteiger partial charge in [0, 0.05) is 6.92 Å². The molecular weight excluding hydrogens is 268 g/mol. The van der Waals surface area contributed by atoms with E-state index in [4.69, 9.17) is 8.92 Å². The molecule has 0 unspecified atom stereocenters. The van der Waals surface area contributed by atoms with Crippen LogP contribution in [-0.4, -0.2) is 20.6 Å². The fourth-order valence-corrected chi connectivity index (χ4v) is 2.31. The molecule has 0 amide bonds. The molecule has 2 rings (SSSR count). The van der Waals surface area contributed by atoms with Crippen molar-refractivity contribution in [1.29, 1.82) is 0 Å². The van der Waals surface area contributed by atoms with Gasteiger partial charge in [0.15, 0.2) is 0 Å². The van der Waals surface area contributed by atoms with Crippen molar-refractivity contribution in [3.63, 3.8) is 0 Å². The Labute approximate surface area is 112 Å². The Hall–Kier alpha value is -1.40. The minimum absolute atomic E-state index is 0.0111. The first-order valence-electron chi connectivity index (χ1n) is 5.94. The van der Waals surface area contributed by atoms with E-state index in [2.05, 4.69) is 0 Å². The summed E-state index contributed by atoms with van der Waals surface area (Å²) < 4.78 is 32.0. The molecule has 0 atom stereocenters. The molecule has 1 aliphatic carbocycles. The molecule has 0 bridgehead atoms. The number of carbonyl (C=O) groups is 1. The lowest BCUT2D eigenvalue weighted by molar-refractivity contribution is -0.149. The summed E-state index contributed by atoms with van der Waals surface area (Å²) in [7, 11) is -3.46. The lowest BCUT2D eigenvalue weighted by Gasteiger charge is -2.16. The molecule has 0 N–H and O–H groups in total. The zero-order chi connectivity index (χ0) is 14.1. The van der Waals surface area contributed by atoms with Crippen molar-refractivity contribution in [2.24, 2.45) is 0 Å². The number of benzene rings is 1. The van der Waals surface area contributed by atoms with Gasteiger partial charge in [0.05, 0.1) is 12.9 Å². The van der Waals surface area contributed by atoms with Gasteiger partial charge in [-0.15, -0.1) is 0 Å². The monoisotopic (exact) mass is 284 g/mol. The minimum Gasteiger partial charge on any atom is -0.454 e. The standard InChI is InChI=1S/C13H16O5S/c1-10(14)18-13(6-7-13)12-5-3-4-11(8-12)9-17-19(2,15)16/h3-5,8H,6-7,9H2,1-2H3. The van der Waals surface area contributed by atoms with Crippen LogP contribution < -0.4 is 0 Å². The normalized spacial score (nSPS) is 16.9. The Balaban J connectivity index is 2.14. The zero-order valence-corrected chi connectivity index (χ0v) is 11.7. The van der Waals surface area contributed by atoms with Crippen LogP contribution in [-0.2, 0) is 36.0 Å². The van der Waals surface area contributed by atoms with E-state index in [0.717, 1.165) is 30.2 Å². The Morgan fingerprint density at radius 2 is 2.05 bits per heavy atom. The summed E-state index contributed by atoms with van der Waals surface area (Å²) in [6.07, 6.45) is 2.60. The van der Waals surface area contributed by atoms with Gasteiger partial charge < -0.3 is 4.74 Å². The third kappa shape index (κ3) is 3.78. The molecule has 1 aromatic rings. The van der Waals surface area contributed by atoms with Crippen molar-refractivity contribution >= 4 is 16.1 Å². The van der Waals surface area contributed by atoms with Gasteiger partial charge in [-0.1, -0.05) is 18.2 Å². The first-order chi connectivity index (χ1) is 8.81. The fraction of sp³-hybridized carbons (Fsp3) is 0.462. The lowest BCUT2D eigenvalue weighted by Crippen LogP contribution is -2.15. The van der Waals surface area contributed by atoms with Crippen LogP contribution in [0.3, 0.4) is 0 Å². The quantitative estimate of drug-likeness (QED) is 0.608. The number of ether oxygens (including phenoxy) is 1. The van der Waals surface area contributed by atoms with E-state index in [-0.39, 0.29) is 12.6 Å². The summed E-state index contributed by atoms with van der Waals surface area (Å²) >= 11 is 0. The molecule has 6 heteroatoms. The van der Waals surface area contributed by atoms with E-state index in [0.29, 0.717) is 0 Å². The Morgan fingerprint density at radius 1 is 1.37 bits per heavy atom. The molecule has 0 radical (unpaired) electrons. The van der Waals surface area contributed by atoms with Crippen molar-refractivity contribution in [3.05, 3.63) is 35.4 Å². The van der Waals surface area contributed by atoms with Gasteiger partial charge in [0.1, 0.15) is 5.60 Å². The summed E-state index contributed by atoms with van der Waals surface area (Å²) in [6.45, 7) is 1.37. The minimum atomic E-state index is -3.46. The predicted octanol–water partition coefficient (Wildman–Crippen LogP) is 1.72.